The van der Waals surface area contributed by atoms with Gasteiger partial charge in [-0.25, -0.2) is 9.79 Å². The highest BCUT2D eigenvalue weighted by molar-refractivity contribution is 7.07. The Hall–Kier alpha value is -5.03. The number of hydrogen-bond donors (Lipinski definition) is 0. The van der Waals surface area contributed by atoms with Crippen molar-refractivity contribution >= 4 is 23.4 Å². The van der Waals surface area contributed by atoms with Gasteiger partial charge in [-0.2, -0.15) is 0 Å². The van der Waals surface area contributed by atoms with Crippen LogP contribution in [-0.4, -0.2) is 45.6 Å². The van der Waals surface area contributed by atoms with E-state index in [0.29, 0.717) is 61.3 Å². The third-order valence-electron chi connectivity index (χ3n) is 7.68. The fraction of sp³-hybridized carbons (Fsp3) is 0.306. The van der Waals surface area contributed by atoms with Crippen LogP contribution in [0.1, 0.15) is 49.4 Å². The maximum atomic E-state index is 14.2. The highest BCUT2D eigenvalue weighted by atomic mass is 32.1. The Kier molecular flexibility index (Phi) is 10.7. The van der Waals surface area contributed by atoms with Crippen LogP contribution in [0.4, 0.5) is 0 Å². The molecule has 0 spiro atoms. The van der Waals surface area contributed by atoms with Crippen LogP contribution in [0.25, 0.3) is 6.08 Å². The summed E-state index contributed by atoms with van der Waals surface area (Å²) < 4.78 is 35.6. The van der Waals surface area contributed by atoms with E-state index in [0.717, 1.165) is 17.5 Å². The Labute approximate surface area is 277 Å². The zero-order valence-electron chi connectivity index (χ0n) is 27.3. The van der Waals surface area contributed by atoms with E-state index < -0.39 is 12.0 Å². The van der Waals surface area contributed by atoms with Crippen LogP contribution in [0, 0.1) is 0 Å². The normalized spacial score (nSPS) is 14.3. The lowest BCUT2D eigenvalue weighted by Gasteiger charge is -2.27. The number of fused-ring (bicyclic) bond motifs is 1. The lowest BCUT2D eigenvalue weighted by atomic mass is 9.93. The molecular weight excluding hydrogens is 620 g/mol. The number of hydrogen-bond acceptors (Lipinski definition) is 10. The van der Waals surface area contributed by atoms with Crippen LogP contribution in [0.15, 0.2) is 81.7 Å². The number of benzene rings is 3. The average Bonchev–Trinajstić information content (AvgIpc) is 3.40. The molecule has 0 radical (unpaired) electrons. The van der Waals surface area contributed by atoms with Crippen LogP contribution in [0.5, 0.6) is 28.7 Å². The fourth-order valence-electron chi connectivity index (χ4n) is 5.44. The maximum Gasteiger partial charge on any atom is 0.338 e. The number of carbonyl (C=O) groups is 1. The summed E-state index contributed by atoms with van der Waals surface area (Å²) in [5.74, 6) is 2.62. The van der Waals surface area contributed by atoms with Crippen molar-refractivity contribution < 1.29 is 33.2 Å². The summed E-state index contributed by atoms with van der Waals surface area (Å²) in [6.45, 7) is 4.23. The first-order valence-electron chi connectivity index (χ1n) is 15.2. The molecule has 0 amide bonds. The fourth-order valence-corrected chi connectivity index (χ4v) is 6.46. The van der Waals surface area contributed by atoms with Crippen LogP contribution >= 0.6 is 11.3 Å². The van der Waals surface area contributed by atoms with Gasteiger partial charge in [0.15, 0.2) is 4.80 Å². The van der Waals surface area contributed by atoms with E-state index in [1.807, 2.05) is 55.5 Å². The summed E-state index contributed by atoms with van der Waals surface area (Å²) in [5.41, 5.74) is 2.86. The molecule has 0 fully saturated rings. The summed E-state index contributed by atoms with van der Waals surface area (Å²) >= 11 is 1.27. The molecule has 0 bridgehead atoms. The van der Waals surface area contributed by atoms with Gasteiger partial charge in [0.1, 0.15) is 41.4 Å². The lowest BCUT2D eigenvalue weighted by molar-refractivity contribution is -0.139. The number of thiazole rings is 1. The van der Waals surface area contributed by atoms with E-state index in [9.17, 15) is 9.59 Å². The SMILES string of the molecule is CCCC1=C(C(=O)OCC)[C@@H](c2cc(OC)ccc2OC)n2c(s/c(=C\c3ccc(OCc4cc(OC)ccc4OC)cc3)c2=O)=N1. The third kappa shape index (κ3) is 7.05. The van der Waals surface area contributed by atoms with Crippen LogP contribution in [0.3, 0.4) is 0 Å². The van der Waals surface area contributed by atoms with Crippen LogP contribution < -0.4 is 38.6 Å². The Morgan fingerprint density at radius 1 is 0.872 bits per heavy atom. The van der Waals surface area contributed by atoms with Crippen molar-refractivity contribution in [1.29, 1.82) is 0 Å². The smallest absolute Gasteiger partial charge is 0.338 e. The van der Waals surface area contributed by atoms with Crippen molar-refractivity contribution in [3.63, 3.8) is 0 Å². The number of nitrogens with zero attached hydrogens (tertiary/aromatic N) is 2. The quantitative estimate of drug-likeness (QED) is 0.181. The molecule has 1 aromatic heterocycles. The summed E-state index contributed by atoms with van der Waals surface area (Å²) in [6, 6.07) is 17.5. The predicted octanol–water partition coefficient (Wildman–Crippen LogP) is 5.19. The molecule has 0 aliphatic carbocycles. The third-order valence-corrected chi connectivity index (χ3v) is 8.67. The number of rotatable bonds is 13. The molecule has 47 heavy (non-hydrogen) atoms. The summed E-state index contributed by atoms with van der Waals surface area (Å²) in [4.78, 5) is 33.0. The monoisotopic (exact) mass is 658 g/mol. The minimum Gasteiger partial charge on any atom is -0.497 e. The zero-order chi connectivity index (χ0) is 33.5. The highest BCUT2D eigenvalue weighted by Crippen LogP contribution is 2.38. The molecule has 1 aliphatic heterocycles. The molecule has 0 saturated carbocycles. The Balaban J connectivity index is 1.55. The van der Waals surface area contributed by atoms with Crippen molar-refractivity contribution in [2.24, 2.45) is 4.99 Å². The first-order chi connectivity index (χ1) is 22.8. The molecule has 0 saturated heterocycles. The molecule has 11 heteroatoms. The van der Waals surface area contributed by atoms with Crippen molar-refractivity contribution in [1.82, 2.24) is 4.57 Å². The molecule has 5 rings (SSSR count). The number of ether oxygens (including phenoxy) is 6. The lowest BCUT2D eigenvalue weighted by Crippen LogP contribution is -2.40. The first-order valence-corrected chi connectivity index (χ1v) is 16.0. The molecule has 3 aromatic carbocycles. The molecule has 10 nitrogen and oxygen atoms in total. The molecule has 0 N–H and O–H groups in total. The van der Waals surface area contributed by atoms with Gasteiger partial charge in [-0.3, -0.25) is 9.36 Å². The number of esters is 1. The standard InChI is InChI=1S/C36H38N2O8S/c1-7-9-28-32(35(40)45-8-2)33(27-20-26(42-4)15-17-30(27)44-6)38-34(39)31(47-36(38)37-28)18-22-10-12-24(13-11-22)46-21-23-19-25(41-3)14-16-29(23)43-5/h10-20,33H,7-9,21H2,1-6H3/b31-18-/t33-/m1/s1. The van der Waals surface area contributed by atoms with E-state index in [4.69, 9.17) is 33.4 Å². The minimum atomic E-state index is -0.830. The molecule has 0 unspecified atom stereocenters. The van der Waals surface area contributed by atoms with Crippen molar-refractivity contribution in [3.8, 4) is 28.7 Å². The van der Waals surface area contributed by atoms with Crippen molar-refractivity contribution in [2.75, 3.05) is 35.0 Å². The zero-order valence-corrected chi connectivity index (χ0v) is 28.1. The van der Waals surface area contributed by atoms with Gasteiger partial charge < -0.3 is 28.4 Å². The second-order valence-electron chi connectivity index (χ2n) is 10.6. The summed E-state index contributed by atoms with van der Waals surface area (Å²) in [7, 11) is 6.34. The van der Waals surface area contributed by atoms with E-state index in [-0.39, 0.29) is 18.8 Å². The van der Waals surface area contributed by atoms with Crippen molar-refractivity contribution in [2.45, 2.75) is 39.3 Å². The topological polar surface area (TPSA) is 107 Å². The summed E-state index contributed by atoms with van der Waals surface area (Å²) in [5, 5.41) is 0. The van der Waals surface area contributed by atoms with E-state index in [1.54, 1.807) is 58.1 Å². The maximum absolute atomic E-state index is 14.2. The Morgan fingerprint density at radius 3 is 2.17 bits per heavy atom. The predicted molar refractivity (Wildman–Crippen MR) is 179 cm³/mol. The first kappa shape index (κ1) is 33.3. The van der Waals surface area contributed by atoms with Gasteiger partial charge in [-0.05, 0) is 73.5 Å². The largest absolute Gasteiger partial charge is 0.497 e. The van der Waals surface area contributed by atoms with Crippen LogP contribution in [0.2, 0.25) is 0 Å². The molecular formula is C36H38N2O8S. The van der Waals surface area contributed by atoms with Gasteiger partial charge in [-0.1, -0.05) is 36.8 Å². The number of carbonyl (C=O) groups excluding carboxylic acids is 1. The van der Waals surface area contributed by atoms with Gasteiger partial charge in [0, 0.05) is 11.1 Å². The van der Waals surface area contributed by atoms with Crippen molar-refractivity contribution in [3.05, 3.63) is 108 Å². The van der Waals surface area contributed by atoms with Gasteiger partial charge in [0.2, 0.25) is 0 Å². The van der Waals surface area contributed by atoms with Gasteiger partial charge in [0.25, 0.3) is 5.56 Å². The van der Waals surface area contributed by atoms with E-state index >= 15 is 0 Å². The van der Waals surface area contributed by atoms with E-state index in [1.165, 1.54) is 11.3 Å². The molecule has 1 aliphatic rings. The Bertz CT molecular complexity index is 1960. The molecule has 4 aromatic rings. The Morgan fingerprint density at radius 2 is 1.53 bits per heavy atom. The average molecular weight is 659 g/mol. The second-order valence-corrected chi connectivity index (χ2v) is 11.6. The molecule has 246 valence electrons. The van der Waals surface area contributed by atoms with Gasteiger partial charge in [-0.15, -0.1) is 0 Å². The molecule has 1 atom stereocenters. The molecule has 2 heterocycles. The highest BCUT2D eigenvalue weighted by Gasteiger charge is 2.36. The number of aromatic nitrogens is 1. The number of allylic oxidation sites excluding steroid dienone is 1. The summed E-state index contributed by atoms with van der Waals surface area (Å²) in [6.07, 6.45) is 3.09. The number of methoxy groups -OCH3 is 4. The van der Waals surface area contributed by atoms with Gasteiger partial charge in [0.05, 0.1) is 50.8 Å². The second kappa shape index (κ2) is 15.0. The van der Waals surface area contributed by atoms with Crippen LogP contribution in [-0.2, 0) is 16.1 Å². The van der Waals surface area contributed by atoms with Gasteiger partial charge >= 0.3 is 5.97 Å². The minimum absolute atomic E-state index is 0.181. The van der Waals surface area contributed by atoms with E-state index in [2.05, 4.69) is 0 Å².